The highest BCUT2D eigenvalue weighted by atomic mass is 31.1. The highest BCUT2D eigenvalue weighted by Gasteiger charge is 2.31. The lowest BCUT2D eigenvalue weighted by Gasteiger charge is -2.01. The molecular formula is C5H11NO4P+. The topological polar surface area (TPSA) is 78.8 Å². The molecule has 1 heterocycles. The van der Waals surface area contributed by atoms with Crippen LogP contribution < -0.4 is 5.32 Å². The average molecular weight is 180 g/mol. The van der Waals surface area contributed by atoms with Crippen LogP contribution >= 0.6 is 8.25 Å². The standard InChI is InChI=1S/C5H10NO4P/c7-3-4-1-5(2-6-4)10-11(8)9/h4-7H,1-3H2/p+1/t4-,5+/m0/s1. The molecule has 3 N–H and O–H groups in total. The fourth-order valence-corrected chi connectivity index (χ4v) is 1.54. The van der Waals surface area contributed by atoms with Crippen molar-refractivity contribution in [2.45, 2.75) is 18.6 Å². The first-order chi connectivity index (χ1) is 5.22. The van der Waals surface area contributed by atoms with Crippen molar-refractivity contribution in [3.05, 3.63) is 0 Å². The van der Waals surface area contributed by atoms with Crippen molar-refractivity contribution in [2.24, 2.45) is 0 Å². The van der Waals surface area contributed by atoms with E-state index in [0.717, 1.165) is 0 Å². The quantitative estimate of drug-likeness (QED) is 0.504. The fraction of sp³-hybridized carbons (Fsp3) is 1.00. The van der Waals surface area contributed by atoms with E-state index in [1.54, 1.807) is 0 Å². The van der Waals surface area contributed by atoms with E-state index < -0.39 is 8.25 Å². The van der Waals surface area contributed by atoms with Gasteiger partial charge in [0.1, 0.15) is 6.10 Å². The first-order valence-corrected chi connectivity index (χ1v) is 4.52. The number of nitrogens with one attached hydrogen (secondary N) is 1. The van der Waals surface area contributed by atoms with Crippen LogP contribution in [-0.2, 0) is 9.09 Å². The summed E-state index contributed by atoms with van der Waals surface area (Å²) in [6, 6.07) is 0.00921. The van der Waals surface area contributed by atoms with Gasteiger partial charge < -0.3 is 10.4 Å². The molecule has 0 saturated carbocycles. The van der Waals surface area contributed by atoms with Crippen LogP contribution in [-0.4, -0.2) is 35.3 Å². The van der Waals surface area contributed by atoms with E-state index in [4.69, 9.17) is 10.00 Å². The largest absolute Gasteiger partial charge is 0.695 e. The van der Waals surface area contributed by atoms with E-state index in [0.29, 0.717) is 13.0 Å². The summed E-state index contributed by atoms with van der Waals surface area (Å²) >= 11 is 0. The van der Waals surface area contributed by atoms with Crippen molar-refractivity contribution in [3.8, 4) is 0 Å². The van der Waals surface area contributed by atoms with Gasteiger partial charge in [-0.2, -0.15) is 0 Å². The molecule has 0 bridgehead atoms. The number of hydrogen-bond acceptors (Lipinski definition) is 4. The lowest BCUT2D eigenvalue weighted by atomic mass is 10.2. The second-order valence-electron chi connectivity index (χ2n) is 2.49. The summed E-state index contributed by atoms with van der Waals surface area (Å²) in [5.41, 5.74) is 0. The first kappa shape index (κ1) is 9.03. The molecule has 11 heavy (non-hydrogen) atoms. The summed E-state index contributed by atoms with van der Waals surface area (Å²) in [5, 5.41) is 11.6. The van der Waals surface area contributed by atoms with Crippen molar-refractivity contribution < 1.29 is 19.1 Å². The van der Waals surface area contributed by atoms with Gasteiger partial charge in [0.05, 0.1) is 6.61 Å². The maximum absolute atomic E-state index is 10.2. The third-order valence-electron chi connectivity index (χ3n) is 1.64. The molecule has 1 saturated heterocycles. The van der Waals surface area contributed by atoms with E-state index in [1.807, 2.05) is 0 Å². The molecule has 0 spiro atoms. The predicted octanol–water partition coefficient (Wildman–Crippen LogP) is -0.625. The third kappa shape index (κ3) is 2.81. The van der Waals surface area contributed by atoms with Crippen LogP contribution in [0.4, 0.5) is 0 Å². The number of aliphatic hydroxyl groups excluding tert-OH is 1. The maximum atomic E-state index is 10.2. The Labute approximate surface area is 65.3 Å². The Balaban J connectivity index is 2.24. The zero-order valence-electron chi connectivity index (χ0n) is 5.93. The SMILES string of the molecule is O=[P+](O)O[C@H]1CN[C@H](CO)C1. The zero-order valence-corrected chi connectivity index (χ0v) is 6.83. The van der Waals surface area contributed by atoms with Crippen molar-refractivity contribution in [3.63, 3.8) is 0 Å². The normalized spacial score (nSPS) is 32.4. The van der Waals surface area contributed by atoms with Gasteiger partial charge in [0.25, 0.3) is 0 Å². The molecule has 0 aromatic carbocycles. The van der Waals surface area contributed by atoms with Gasteiger partial charge >= 0.3 is 8.25 Å². The Hall–Kier alpha value is -0.0600. The summed E-state index contributed by atoms with van der Waals surface area (Å²) in [7, 11) is -2.51. The van der Waals surface area contributed by atoms with Crippen molar-refractivity contribution in [1.82, 2.24) is 5.32 Å². The molecule has 6 heteroatoms. The molecule has 3 atom stereocenters. The van der Waals surface area contributed by atoms with E-state index in [9.17, 15) is 4.57 Å². The highest BCUT2D eigenvalue weighted by Crippen LogP contribution is 2.22. The van der Waals surface area contributed by atoms with E-state index in [-0.39, 0.29) is 18.8 Å². The van der Waals surface area contributed by atoms with E-state index >= 15 is 0 Å². The minimum Gasteiger partial charge on any atom is -0.395 e. The van der Waals surface area contributed by atoms with Gasteiger partial charge in [0, 0.05) is 17.2 Å². The minimum absolute atomic E-state index is 0.00921. The van der Waals surface area contributed by atoms with Crippen LogP contribution in [0.1, 0.15) is 6.42 Å². The van der Waals surface area contributed by atoms with Crippen LogP contribution in [0.5, 0.6) is 0 Å². The molecule has 1 fully saturated rings. The van der Waals surface area contributed by atoms with Crippen LogP contribution in [0.25, 0.3) is 0 Å². The molecule has 0 aromatic heterocycles. The van der Waals surface area contributed by atoms with Crippen LogP contribution in [0.15, 0.2) is 0 Å². The molecule has 1 rings (SSSR count). The van der Waals surface area contributed by atoms with Crippen LogP contribution in [0.3, 0.4) is 0 Å². The van der Waals surface area contributed by atoms with Gasteiger partial charge in [-0.3, -0.25) is 0 Å². The first-order valence-electron chi connectivity index (χ1n) is 3.39. The summed E-state index contributed by atoms with van der Waals surface area (Å²) < 4.78 is 14.8. The summed E-state index contributed by atoms with van der Waals surface area (Å²) in [4.78, 5) is 8.37. The second kappa shape index (κ2) is 4.09. The Morgan fingerprint density at radius 3 is 2.91 bits per heavy atom. The monoisotopic (exact) mass is 180 g/mol. The van der Waals surface area contributed by atoms with Gasteiger partial charge in [-0.25, -0.2) is 0 Å². The molecule has 64 valence electrons. The van der Waals surface area contributed by atoms with Crippen LogP contribution in [0.2, 0.25) is 0 Å². The maximum Gasteiger partial charge on any atom is 0.695 e. The molecule has 1 aliphatic rings. The zero-order chi connectivity index (χ0) is 8.27. The average Bonchev–Trinajstić information content (AvgIpc) is 2.34. The Morgan fingerprint density at radius 1 is 1.73 bits per heavy atom. The molecular weight excluding hydrogens is 169 g/mol. The smallest absolute Gasteiger partial charge is 0.395 e. The molecule has 0 aliphatic carbocycles. The van der Waals surface area contributed by atoms with Crippen molar-refractivity contribution in [2.75, 3.05) is 13.2 Å². The summed E-state index contributed by atoms with van der Waals surface area (Å²) in [6.45, 7) is 0.578. The Bertz CT molecular complexity index is 153. The highest BCUT2D eigenvalue weighted by molar-refractivity contribution is 7.32. The fourth-order valence-electron chi connectivity index (χ4n) is 1.13. The predicted molar refractivity (Wildman–Crippen MR) is 38.2 cm³/mol. The molecule has 0 aromatic rings. The van der Waals surface area contributed by atoms with Gasteiger partial charge in [-0.1, -0.05) is 0 Å². The number of hydrogen-bond donors (Lipinski definition) is 3. The molecule has 5 nitrogen and oxygen atoms in total. The van der Waals surface area contributed by atoms with Gasteiger partial charge in [0.15, 0.2) is 0 Å². The van der Waals surface area contributed by atoms with Crippen molar-refractivity contribution in [1.29, 1.82) is 0 Å². The van der Waals surface area contributed by atoms with Gasteiger partial charge in [-0.05, 0) is 6.42 Å². The second-order valence-corrected chi connectivity index (χ2v) is 3.18. The molecule has 0 radical (unpaired) electrons. The van der Waals surface area contributed by atoms with E-state index in [2.05, 4.69) is 9.84 Å². The van der Waals surface area contributed by atoms with E-state index in [1.165, 1.54) is 0 Å². The van der Waals surface area contributed by atoms with Crippen LogP contribution in [0, 0.1) is 0 Å². The third-order valence-corrected chi connectivity index (χ3v) is 2.12. The molecule has 0 amide bonds. The van der Waals surface area contributed by atoms with Crippen molar-refractivity contribution >= 4 is 8.25 Å². The minimum atomic E-state index is -2.51. The molecule has 1 aliphatic heterocycles. The summed E-state index contributed by atoms with van der Waals surface area (Å²) in [5.74, 6) is 0. The van der Waals surface area contributed by atoms with Gasteiger partial charge in [0.2, 0.25) is 0 Å². The lowest BCUT2D eigenvalue weighted by Crippen LogP contribution is -2.24. The lowest BCUT2D eigenvalue weighted by molar-refractivity contribution is 0.194. The Kier molecular flexibility index (Phi) is 3.36. The number of rotatable bonds is 3. The van der Waals surface area contributed by atoms with Gasteiger partial charge in [-0.15, -0.1) is 9.42 Å². The molecule has 1 unspecified atom stereocenters. The Morgan fingerprint density at radius 2 is 2.45 bits per heavy atom. The number of aliphatic hydroxyl groups is 1. The summed E-state index contributed by atoms with van der Waals surface area (Å²) in [6.07, 6.45) is 0.360.